The average molecular weight is 429 g/mol. The van der Waals surface area contributed by atoms with Crippen molar-refractivity contribution in [3.05, 3.63) is 87.4 Å². The Morgan fingerprint density at radius 1 is 1.13 bits per heavy atom. The molecule has 0 radical (unpaired) electrons. The molecular formula is C25H20N2O3S. The number of hydrogen-bond acceptors (Lipinski definition) is 5. The van der Waals surface area contributed by atoms with E-state index in [1.54, 1.807) is 11.3 Å². The Labute approximate surface area is 183 Å². The van der Waals surface area contributed by atoms with E-state index in [2.05, 4.69) is 39.1 Å². The Morgan fingerprint density at radius 3 is 2.90 bits per heavy atom. The smallest absolute Gasteiger partial charge is 0.231 e. The highest BCUT2D eigenvalue weighted by Crippen LogP contribution is 2.42. The lowest BCUT2D eigenvalue weighted by atomic mass is 10.0. The molecule has 0 unspecified atom stereocenters. The van der Waals surface area contributed by atoms with Crippen LogP contribution in [0.2, 0.25) is 0 Å². The summed E-state index contributed by atoms with van der Waals surface area (Å²) < 4.78 is 14.2. The van der Waals surface area contributed by atoms with E-state index < -0.39 is 0 Å². The second-order valence-electron chi connectivity index (χ2n) is 7.91. The van der Waals surface area contributed by atoms with Crippen LogP contribution in [0.1, 0.15) is 26.4 Å². The molecule has 31 heavy (non-hydrogen) atoms. The molecule has 0 N–H and O–H groups in total. The van der Waals surface area contributed by atoms with Crippen LogP contribution in [-0.4, -0.2) is 22.0 Å². The predicted molar refractivity (Wildman–Crippen MR) is 121 cm³/mol. The Kier molecular flexibility index (Phi) is 4.23. The van der Waals surface area contributed by atoms with Gasteiger partial charge in [-0.1, -0.05) is 24.3 Å². The highest BCUT2D eigenvalue weighted by Gasteiger charge is 2.33. The molecule has 2 aliphatic rings. The zero-order valence-electron chi connectivity index (χ0n) is 17.0. The highest BCUT2D eigenvalue weighted by molar-refractivity contribution is 7.09. The standard InChI is InChI=1S/C25H20N2O3S/c1-26-12-16(18-6-2-3-7-21(18)26)11-23-24(28)19-8-9-22-20(25(19)30-23)14-27(15-29-22)13-17-5-4-10-31-17/h2-12H,13-15H2,1H3/b23-11-. The number of hydrogen-bond donors (Lipinski definition) is 0. The number of ether oxygens (including phenoxy) is 2. The number of rotatable bonds is 3. The number of aryl methyl sites for hydroxylation is 1. The van der Waals surface area contributed by atoms with E-state index in [1.807, 2.05) is 43.6 Å². The molecule has 154 valence electrons. The molecule has 0 saturated heterocycles. The summed E-state index contributed by atoms with van der Waals surface area (Å²) in [7, 11) is 2.01. The topological polar surface area (TPSA) is 43.7 Å². The quantitative estimate of drug-likeness (QED) is 0.420. The zero-order chi connectivity index (χ0) is 20.9. The fourth-order valence-electron chi connectivity index (χ4n) is 4.36. The molecular weight excluding hydrogens is 408 g/mol. The fraction of sp³-hybridized carbons (Fsp3) is 0.160. The molecule has 4 aromatic rings. The number of thiophene rings is 1. The van der Waals surface area contributed by atoms with E-state index in [0.717, 1.165) is 34.3 Å². The predicted octanol–water partition coefficient (Wildman–Crippen LogP) is 5.21. The van der Waals surface area contributed by atoms with Gasteiger partial charge in [-0.25, -0.2) is 0 Å². The molecule has 4 heterocycles. The van der Waals surface area contributed by atoms with Gasteiger partial charge < -0.3 is 14.0 Å². The van der Waals surface area contributed by atoms with Crippen molar-refractivity contribution >= 4 is 34.1 Å². The monoisotopic (exact) mass is 428 g/mol. The van der Waals surface area contributed by atoms with Crippen LogP contribution < -0.4 is 9.47 Å². The number of Topliss-reactive ketones (excluding diaryl/α,β-unsaturated/α-hetero) is 1. The van der Waals surface area contributed by atoms with Crippen LogP contribution in [-0.2, 0) is 20.1 Å². The van der Waals surface area contributed by atoms with Crippen molar-refractivity contribution < 1.29 is 14.3 Å². The number of nitrogens with zero attached hydrogens (tertiary/aromatic N) is 2. The molecule has 2 aromatic heterocycles. The number of ketones is 1. The molecule has 6 rings (SSSR count). The van der Waals surface area contributed by atoms with Crippen LogP contribution in [0.3, 0.4) is 0 Å². The number of carbonyl (C=O) groups excluding carboxylic acids is 1. The van der Waals surface area contributed by atoms with Gasteiger partial charge in [-0.2, -0.15) is 0 Å². The Bertz CT molecular complexity index is 1350. The highest BCUT2D eigenvalue weighted by atomic mass is 32.1. The van der Waals surface area contributed by atoms with E-state index in [1.165, 1.54) is 4.88 Å². The lowest BCUT2D eigenvalue weighted by Crippen LogP contribution is -2.31. The largest absolute Gasteiger partial charge is 0.478 e. The minimum absolute atomic E-state index is 0.0823. The van der Waals surface area contributed by atoms with E-state index >= 15 is 0 Å². The van der Waals surface area contributed by atoms with Gasteiger partial charge in [-0.3, -0.25) is 9.69 Å². The molecule has 0 aliphatic carbocycles. The van der Waals surface area contributed by atoms with Gasteiger partial charge in [-0.15, -0.1) is 11.3 Å². The average Bonchev–Trinajstić information content (AvgIpc) is 3.49. The van der Waals surface area contributed by atoms with E-state index in [-0.39, 0.29) is 5.78 Å². The van der Waals surface area contributed by atoms with Crippen LogP contribution in [0.15, 0.2) is 65.9 Å². The minimum Gasteiger partial charge on any atom is -0.478 e. The maximum absolute atomic E-state index is 13.1. The van der Waals surface area contributed by atoms with Gasteiger partial charge in [0, 0.05) is 47.7 Å². The van der Waals surface area contributed by atoms with E-state index in [9.17, 15) is 4.79 Å². The van der Waals surface area contributed by atoms with Crippen molar-refractivity contribution in [3.8, 4) is 11.5 Å². The number of fused-ring (bicyclic) bond motifs is 4. The van der Waals surface area contributed by atoms with Gasteiger partial charge in [0.2, 0.25) is 5.78 Å². The van der Waals surface area contributed by atoms with Crippen molar-refractivity contribution in [1.29, 1.82) is 0 Å². The second kappa shape index (κ2) is 7.11. The van der Waals surface area contributed by atoms with Gasteiger partial charge in [0.15, 0.2) is 5.76 Å². The van der Waals surface area contributed by atoms with Gasteiger partial charge in [0.05, 0.1) is 11.1 Å². The molecule has 5 nitrogen and oxygen atoms in total. The molecule has 0 amide bonds. The third-order valence-corrected chi connectivity index (χ3v) is 6.72. The number of allylic oxidation sites excluding steroid dienone is 1. The Hall–Kier alpha value is -3.35. The maximum Gasteiger partial charge on any atom is 0.231 e. The van der Waals surface area contributed by atoms with Crippen molar-refractivity contribution in [2.24, 2.45) is 7.05 Å². The first-order valence-corrected chi connectivity index (χ1v) is 11.1. The van der Waals surface area contributed by atoms with Crippen LogP contribution >= 0.6 is 11.3 Å². The summed E-state index contributed by atoms with van der Waals surface area (Å²) in [5.74, 6) is 1.70. The molecule has 2 aromatic carbocycles. The molecule has 0 bridgehead atoms. The summed E-state index contributed by atoms with van der Waals surface area (Å²) in [6.07, 6.45) is 3.88. The molecule has 0 fully saturated rings. The Morgan fingerprint density at radius 2 is 2.03 bits per heavy atom. The first-order chi connectivity index (χ1) is 15.2. The molecule has 0 saturated carbocycles. The van der Waals surface area contributed by atoms with Crippen LogP contribution in [0, 0.1) is 0 Å². The lowest BCUT2D eigenvalue weighted by Gasteiger charge is -2.29. The molecule has 2 aliphatic heterocycles. The van der Waals surface area contributed by atoms with E-state index in [0.29, 0.717) is 30.3 Å². The van der Waals surface area contributed by atoms with Crippen LogP contribution in [0.4, 0.5) is 0 Å². The summed E-state index contributed by atoms with van der Waals surface area (Å²) in [6.45, 7) is 2.02. The van der Waals surface area contributed by atoms with Gasteiger partial charge in [0.25, 0.3) is 0 Å². The fourth-order valence-corrected chi connectivity index (χ4v) is 5.10. The summed E-state index contributed by atoms with van der Waals surface area (Å²) in [4.78, 5) is 16.6. The van der Waals surface area contributed by atoms with Gasteiger partial charge >= 0.3 is 0 Å². The first kappa shape index (κ1) is 18.4. The van der Waals surface area contributed by atoms with Crippen molar-refractivity contribution in [2.75, 3.05) is 6.73 Å². The summed E-state index contributed by atoms with van der Waals surface area (Å²) in [5, 5.41) is 3.18. The van der Waals surface area contributed by atoms with Gasteiger partial charge in [-0.05, 0) is 35.7 Å². The third kappa shape index (κ3) is 3.07. The van der Waals surface area contributed by atoms with Crippen LogP contribution in [0.5, 0.6) is 11.5 Å². The number of aromatic nitrogens is 1. The maximum atomic E-state index is 13.1. The summed E-state index contributed by atoms with van der Waals surface area (Å²) in [5.41, 5.74) is 3.63. The second-order valence-corrected chi connectivity index (χ2v) is 8.94. The first-order valence-electron chi connectivity index (χ1n) is 10.2. The zero-order valence-corrected chi connectivity index (χ0v) is 17.8. The van der Waals surface area contributed by atoms with E-state index in [4.69, 9.17) is 9.47 Å². The van der Waals surface area contributed by atoms with Crippen LogP contribution in [0.25, 0.3) is 17.0 Å². The molecule has 6 heteroatoms. The molecule has 0 atom stereocenters. The summed E-state index contributed by atoms with van der Waals surface area (Å²) >= 11 is 1.73. The van der Waals surface area contributed by atoms with Crippen molar-refractivity contribution in [2.45, 2.75) is 13.1 Å². The van der Waals surface area contributed by atoms with Crippen molar-refractivity contribution in [3.63, 3.8) is 0 Å². The molecule has 0 spiro atoms. The van der Waals surface area contributed by atoms with Gasteiger partial charge in [0.1, 0.15) is 18.2 Å². The minimum atomic E-state index is -0.0823. The normalized spacial score (nSPS) is 16.9. The Balaban J connectivity index is 1.35. The van der Waals surface area contributed by atoms with Crippen molar-refractivity contribution in [1.82, 2.24) is 9.47 Å². The SMILES string of the molecule is Cn1cc(/C=C2\Oc3c(ccc4c3CN(Cc3cccs3)CO4)C2=O)c2ccccc21. The number of carbonyl (C=O) groups is 1. The lowest BCUT2D eigenvalue weighted by molar-refractivity contribution is 0.0882. The third-order valence-electron chi connectivity index (χ3n) is 5.86. The summed E-state index contributed by atoms with van der Waals surface area (Å²) in [6, 6.07) is 16.0. The number of para-hydroxylation sites is 1. The number of benzene rings is 2.